The molecule has 0 aliphatic rings. The number of nitrogens with one attached hydrogen (secondary N) is 1. The maximum atomic E-state index is 4.12. The van der Waals surface area contributed by atoms with E-state index in [0.717, 1.165) is 9.22 Å². The number of fused-ring (bicyclic) bond motifs is 1. The number of aromatic amines is 1. The van der Waals surface area contributed by atoms with Gasteiger partial charge >= 0.3 is 0 Å². The lowest BCUT2D eigenvalue weighted by Crippen LogP contribution is -1.79. The molecule has 2 aromatic rings. The molecule has 0 saturated heterocycles. The Morgan fingerprint density at radius 2 is 2.30 bits per heavy atom. The minimum absolute atomic E-state index is 0.673. The number of H-pyrrole nitrogens is 1. The Morgan fingerprint density at radius 3 is 3.20 bits per heavy atom. The van der Waals surface area contributed by atoms with E-state index in [1.165, 1.54) is 0 Å². The highest BCUT2D eigenvalue weighted by molar-refractivity contribution is 14.1. The van der Waals surface area contributed by atoms with Gasteiger partial charge in [0.15, 0.2) is 0 Å². The van der Waals surface area contributed by atoms with Crippen LogP contribution in [0.4, 0.5) is 0 Å². The molecule has 0 radical (unpaired) electrons. The fourth-order valence-electron chi connectivity index (χ4n) is 0.715. The van der Waals surface area contributed by atoms with E-state index < -0.39 is 0 Å². The topological polar surface area (TPSA) is 54.5 Å². The molecule has 0 unspecified atom stereocenters. The lowest BCUT2D eigenvalue weighted by Gasteiger charge is -1.85. The molecule has 0 aliphatic heterocycles. The molecule has 0 amide bonds. The zero-order valence-corrected chi connectivity index (χ0v) is 7.03. The van der Waals surface area contributed by atoms with Crippen LogP contribution in [0.5, 0.6) is 0 Å². The van der Waals surface area contributed by atoms with Crippen LogP contribution < -0.4 is 0 Å². The summed E-state index contributed by atoms with van der Waals surface area (Å²) < 4.78 is 0.930. The molecule has 2 rings (SSSR count). The van der Waals surface area contributed by atoms with Crippen molar-refractivity contribution < 1.29 is 0 Å². The lowest BCUT2D eigenvalue weighted by atomic mass is 10.4. The van der Waals surface area contributed by atoms with E-state index in [9.17, 15) is 0 Å². The highest BCUT2D eigenvalue weighted by Crippen LogP contribution is 2.06. The molecule has 0 aliphatic carbocycles. The monoisotopic (exact) mass is 246 g/mol. The molecule has 5 heteroatoms. The van der Waals surface area contributed by atoms with Crippen molar-refractivity contribution >= 4 is 33.8 Å². The van der Waals surface area contributed by atoms with Gasteiger partial charge in [-0.2, -0.15) is 0 Å². The first-order valence-corrected chi connectivity index (χ1v) is 3.77. The van der Waals surface area contributed by atoms with Crippen LogP contribution in [0.1, 0.15) is 0 Å². The number of halogens is 1. The third-order valence-corrected chi connectivity index (χ3v) is 1.76. The van der Waals surface area contributed by atoms with Crippen LogP contribution in [-0.2, 0) is 0 Å². The van der Waals surface area contributed by atoms with Crippen LogP contribution in [0.2, 0.25) is 0 Å². The van der Waals surface area contributed by atoms with E-state index in [4.69, 9.17) is 0 Å². The van der Waals surface area contributed by atoms with Gasteiger partial charge in [-0.1, -0.05) is 5.21 Å². The quantitative estimate of drug-likeness (QED) is 0.556. The Balaban J connectivity index is 2.86. The largest absolute Gasteiger partial charge is 0.256 e. The number of rotatable bonds is 0. The first-order valence-electron chi connectivity index (χ1n) is 2.69. The van der Waals surface area contributed by atoms with Gasteiger partial charge in [0.25, 0.3) is 0 Å². The van der Waals surface area contributed by atoms with Gasteiger partial charge in [0.1, 0.15) is 9.22 Å². The van der Waals surface area contributed by atoms with Gasteiger partial charge in [0, 0.05) is 0 Å². The molecular formula is C5H3IN4. The summed E-state index contributed by atoms with van der Waals surface area (Å²) in [5.41, 5.74) is 1.55. The van der Waals surface area contributed by atoms with Crippen molar-refractivity contribution in [3.63, 3.8) is 0 Å². The zero-order chi connectivity index (χ0) is 6.97. The molecule has 0 fully saturated rings. The summed E-state index contributed by atoms with van der Waals surface area (Å²) in [5, 5.41) is 10.1. The molecule has 50 valence electrons. The number of aromatic nitrogens is 4. The van der Waals surface area contributed by atoms with E-state index in [1.807, 2.05) is 12.1 Å². The third-order valence-electron chi connectivity index (χ3n) is 1.16. The van der Waals surface area contributed by atoms with Gasteiger partial charge < -0.3 is 0 Å². The molecule has 2 aromatic heterocycles. The van der Waals surface area contributed by atoms with Gasteiger partial charge in [-0.25, -0.2) is 4.98 Å². The summed E-state index contributed by atoms with van der Waals surface area (Å²) in [6, 6.07) is 3.81. The molecule has 0 atom stereocenters. The van der Waals surface area contributed by atoms with Gasteiger partial charge in [-0.3, -0.25) is 5.10 Å². The molecule has 4 nitrogen and oxygen atoms in total. The summed E-state index contributed by atoms with van der Waals surface area (Å²) in [4.78, 5) is 4.12. The van der Waals surface area contributed by atoms with Crippen LogP contribution in [0.25, 0.3) is 11.2 Å². The number of nitrogens with zero attached hydrogens (tertiary/aromatic N) is 3. The van der Waals surface area contributed by atoms with Gasteiger partial charge in [0.05, 0.1) is 0 Å². The fourth-order valence-corrected chi connectivity index (χ4v) is 1.12. The Morgan fingerprint density at radius 1 is 1.40 bits per heavy atom. The highest BCUT2D eigenvalue weighted by atomic mass is 127. The first kappa shape index (κ1) is 6.02. The summed E-state index contributed by atoms with van der Waals surface area (Å²) in [7, 11) is 0. The van der Waals surface area contributed by atoms with Crippen molar-refractivity contribution in [2.24, 2.45) is 0 Å². The number of pyridine rings is 1. The van der Waals surface area contributed by atoms with E-state index in [-0.39, 0.29) is 0 Å². The average Bonchev–Trinajstić information content (AvgIpc) is 2.33. The minimum Gasteiger partial charge on any atom is -0.256 e. The van der Waals surface area contributed by atoms with E-state index in [0.29, 0.717) is 5.65 Å². The first-order chi connectivity index (χ1) is 4.86. The van der Waals surface area contributed by atoms with Crippen molar-refractivity contribution in [1.29, 1.82) is 0 Å². The highest BCUT2D eigenvalue weighted by Gasteiger charge is 1.96. The Hall–Kier alpha value is -0.720. The second-order valence-electron chi connectivity index (χ2n) is 1.82. The SMILES string of the molecule is Ic1ccc2[nH]nnc2n1. The fraction of sp³-hybridized carbons (Fsp3) is 0. The van der Waals surface area contributed by atoms with E-state index in [2.05, 4.69) is 43.0 Å². The van der Waals surface area contributed by atoms with Gasteiger partial charge in [-0.15, -0.1) is 5.10 Å². The van der Waals surface area contributed by atoms with Gasteiger partial charge in [0.2, 0.25) is 5.65 Å². The van der Waals surface area contributed by atoms with Crippen LogP contribution in [0.3, 0.4) is 0 Å². The maximum Gasteiger partial charge on any atom is 0.202 e. The third kappa shape index (κ3) is 0.859. The zero-order valence-electron chi connectivity index (χ0n) is 4.87. The van der Waals surface area contributed by atoms with Crippen LogP contribution in [-0.4, -0.2) is 20.4 Å². The molecule has 0 saturated carbocycles. The Bertz CT molecular complexity index is 355. The van der Waals surface area contributed by atoms with Crippen molar-refractivity contribution in [2.75, 3.05) is 0 Å². The summed E-state index contributed by atoms with van der Waals surface area (Å²) in [5.74, 6) is 0. The van der Waals surface area contributed by atoms with Crippen LogP contribution in [0.15, 0.2) is 12.1 Å². The second-order valence-corrected chi connectivity index (χ2v) is 2.92. The number of hydrogen-bond donors (Lipinski definition) is 1. The number of hydrogen-bond acceptors (Lipinski definition) is 3. The normalized spacial score (nSPS) is 10.5. The Kier molecular flexibility index (Phi) is 1.30. The molecule has 0 aromatic carbocycles. The molecule has 1 N–H and O–H groups in total. The molecule has 10 heavy (non-hydrogen) atoms. The summed E-state index contributed by atoms with van der Waals surface area (Å²) in [6.07, 6.45) is 0. The van der Waals surface area contributed by atoms with Crippen molar-refractivity contribution in [3.8, 4) is 0 Å². The summed E-state index contributed by atoms with van der Waals surface area (Å²) >= 11 is 2.13. The Labute approximate surface area is 70.2 Å². The molecular weight excluding hydrogens is 243 g/mol. The second kappa shape index (κ2) is 2.15. The maximum absolute atomic E-state index is 4.12. The predicted molar refractivity (Wildman–Crippen MR) is 44.4 cm³/mol. The van der Waals surface area contributed by atoms with E-state index >= 15 is 0 Å². The average molecular weight is 246 g/mol. The van der Waals surface area contributed by atoms with Crippen LogP contribution in [0, 0.1) is 3.70 Å². The van der Waals surface area contributed by atoms with Crippen molar-refractivity contribution in [1.82, 2.24) is 20.4 Å². The van der Waals surface area contributed by atoms with Crippen molar-refractivity contribution in [2.45, 2.75) is 0 Å². The predicted octanol–water partition coefficient (Wildman–Crippen LogP) is 0.957. The smallest absolute Gasteiger partial charge is 0.202 e. The van der Waals surface area contributed by atoms with Crippen LogP contribution >= 0.6 is 22.6 Å². The minimum atomic E-state index is 0.673. The summed E-state index contributed by atoms with van der Waals surface area (Å²) in [6.45, 7) is 0. The molecule has 0 bridgehead atoms. The lowest BCUT2D eigenvalue weighted by molar-refractivity contribution is 0.954. The standard InChI is InChI=1S/C5H3IN4/c6-4-2-1-3-5(7-4)9-10-8-3/h1-2H,(H,7,8,9,10). The van der Waals surface area contributed by atoms with E-state index in [1.54, 1.807) is 0 Å². The molecule has 0 spiro atoms. The van der Waals surface area contributed by atoms with Crippen molar-refractivity contribution in [3.05, 3.63) is 15.8 Å². The van der Waals surface area contributed by atoms with Gasteiger partial charge in [-0.05, 0) is 34.7 Å². The molecule has 2 heterocycles.